The van der Waals surface area contributed by atoms with Crippen LogP contribution < -0.4 is 10.0 Å². The van der Waals surface area contributed by atoms with E-state index in [2.05, 4.69) is 15.0 Å². The van der Waals surface area contributed by atoms with Crippen LogP contribution in [0.25, 0.3) is 20.8 Å². The fourth-order valence-corrected chi connectivity index (χ4v) is 5.64. The molecule has 36 heavy (non-hydrogen) atoms. The molecule has 1 heterocycles. The van der Waals surface area contributed by atoms with Crippen LogP contribution in [0.15, 0.2) is 95.9 Å². The van der Waals surface area contributed by atoms with Crippen molar-refractivity contribution in [2.75, 3.05) is 10.0 Å². The minimum Gasteiger partial charge on any atom is -0.506 e. The Labute approximate surface area is 209 Å². The number of hydrogen-bond donors (Lipinski definition) is 3. The van der Waals surface area contributed by atoms with Crippen molar-refractivity contribution in [3.05, 3.63) is 102 Å². The molecule has 0 aliphatic carbocycles. The van der Waals surface area contributed by atoms with Crippen LogP contribution >= 0.6 is 11.3 Å². The number of benzene rings is 4. The topological polar surface area (TPSA) is 108 Å². The van der Waals surface area contributed by atoms with Gasteiger partial charge in [-0.2, -0.15) is 0 Å². The third kappa shape index (κ3) is 4.77. The lowest BCUT2D eigenvalue weighted by Gasteiger charge is -2.13. The first kappa shape index (κ1) is 23.5. The predicted molar refractivity (Wildman–Crippen MR) is 138 cm³/mol. The number of phenols is 1. The molecule has 1 amide bonds. The lowest BCUT2D eigenvalue weighted by molar-refractivity contribution is 0.102. The van der Waals surface area contributed by atoms with E-state index in [1.54, 1.807) is 12.1 Å². The number of amides is 1. The third-order valence-corrected chi connectivity index (χ3v) is 7.77. The summed E-state index contributed by atoms with van der Waals surface area (Å²) in [5, 5.41) is 13.6. The number of phenolic OH excluding ortho intramolecular Hbond substituents is 1. The van der Waals surface area contributed by atoms with E-state index in [0.717, 1.165) is 34.5 Å². The van der Waals surface area contributed by atoms with Crippen LogP contribution in [0.2, 0.25) is 0 Å². The van der Waals surface area contributed by atoms with Gasteiger partial charge in [-0.05, 0) is 60.7 Å². The van der Waals surface area contributed by atoms with Gasteiger partial charge in [-0.1, -0.05) is 30.3 Å². The fourth-order valence-electron chi connectivity index (χ4n) is 3.57. The maximum absolute atomic E-state index is 13.2. The molecule has 180 valence electrons. The van der Waals surface area contributed by atoms with Crippen LogP contribution in [0, 0.1) is 5.82 Å². The maximum Gasteiger partial charge on any atom is 0.262 e. The average molecular weight is 520 g/mol. The van der Waals surface area contributed by atoms with Crippen LogP contribution in [-0.4, -0.2) is 24.4 Å². The molecule has 4 aromatic carbocycles. The van der Waals surface area contributed by atoms with Crippen molar-refractivity contribution in [1.29, 1.82) is 0 Å². The number of thiazole rings is 1. The quantitative estimate of drug-likeness (QED) is 0.192. The second kappa shape index (κ2) is 9.40. The molecule has 3 N–H and O–H groups in total. The maximum atomic E-state index is 13.2. The lowest BCUT2D eigenvalue weighted by Crippen LogP contribution is -2.15. The Morgan fingerprint density at radius 1 is 0.917 bits per heavy atom. The summed E-state index contributed by atoms with van der Waals surface area (Å²) in [7, 11) is -4.10. The van der Waals surface area contributed by atoms with Gasteiger partial charge in [0.2, 0.25) is 0 Å². The van der Waals surface area contributed by atoms with Crippen molar-refractivity contribution in [1.82, 2.24) is 4.98 Å². The van der Waals surface area contributed by atoms with E-state index in [9.17, 15) is 22.7 Å². The zero-order chi connectivity index (χ0) is 25.3. The summed E-state index contributed by atoms with van der Waals surface area (Å²) in [6.07, 6.45) is 0. The number of carbonyl (C=O) groups excluding carboxylic acids is 1. The molecule has 0 atom stereocenters. The number of rotatable bonds is 6. The zero-order valence-corrected chi connectivity index (χ0v) is 20.1. The normalized spacial score (nSPS) is 11.4. The number of aromatic hydroxyl groups is 1. The summed E-state index contributed by atoms with van der Waals surface area (Å²) < 4.78 is 41.8. The molecule has 0 spiro atoms. The molecule has 0 saturated carbocycles. The summed E-state index contributed by atoms with van der Waals surface area (Å²) in [6, 6.07) is 23.0. The van der Waals surface area contributed by atoms with Gasteiger partial charge in [-0.25, -0.2) is 17.8 Å². The molecule has 0 saturated heterocycles. The number of carbonyl (C=O) groups is 1. The molecule has 7 nitrogen and oxygen atoms in total. The molecule has 0 bridgehead atoms. The van der Waals surface area contributed by atoms with Crippen LogP contribution in [0.1, 0.15) is 10.4 Å². The Balaban J connectivity index is 1.41. The summed E-state index contributed by atoms with van der Waals surface area (Å²) in [5.74, 6) is -1.34. The lowest BCUT2D eigenvalue weighted by atomic mass is 10.1. The Bertz CT molecular complexity index is 1670. The van der Waals surface area contributed by atoms with Gasteiger partial charge in [0.1, 0.15) is 16.6 Å². The highest BCUT2D eigenvalue weighted by Crippen LogP contribution is 2.33. The highest BCUT2D eigenvalue weighted by atomic mass is 32.2. The molecular weight excluding hydrogens is 501 g/mol. The average Bonchev–Trinajstić information content (AvgIpc) is 3.30. The first-order chi connectivity index (χ1) is 17.3. The number of nitrogens with one attached hydrogen (secondary N) is 2. The smallest absolute Gasteiger partial charge is 0.262 e. The van der Waals surface area contributed by atoms with Crippen molar-refractivity contribution >= 4 is 48.9 Å². The molecular formula is C26H18FN3O4S2. The van der Waals surface area contributed by atoms with E-state index < -0.39 is 21.7 Å². The number of sulfonamides is 1. The van der Waals surface area contributed by atoms with Gasteiger partial charge >= 0.3 is 0 Å². The van der Waals surface area contributed by atoms with E-state index in [1.165, 1.54) is 29.5 Å². The molecule has 0 fully saturated rings. The second-order valence-corrected chi connectivity index (χ2v) is 10.5. The highest BCUT2D eigenvalue weighted by Gasteiger charge is 2.19. The molecule has 10 heteroatoms. The molecule has 5 rings (SSSR count). The van der Waals surface area contributed by atoms with Gasteiger partial charge in [-0.3, -0.25) is 9.52 Å². The number of aromatic nitrogens is 1. The van der Waals surface area contributed by atoms with Crippen LogP contribution in [-0.2, 0) is 10.0 Å². The molecule has 0 aliphatic rings. The summed E-state index contributed by atoms with van der Waals surface area (Å²) in [4.78, 5) is 17.6. The molecule has 5 aromatic rings. The van der Waals surface area contributed by atoms with Crippen molar-refractivity contribution in [2.24, 2.45) is 0 Å². The van der Waals surface area contributed by atoms with Crippen molar-refractivity contribution in [3.63, 3.8) is 0 Å². The van der Waals surface area contributed by atoms with Crippen molar-refractivity contribution < 1.29 is 22.7 Å². The van der Waals surface area contributed by atoms with Crippen LogP contribution in [0.3, 0.4) is 0 Å². The van der Waals surface area contributed by atoms with Gasteiger partial charge < -0.3 is 10.4 Å². The molecule has 0 radical (unpaired) electrons. The molecule has 1 aromatic heterocycles. The van der Waals surface area contributed by atoms with Gasteiger partial charge in [0.15, 0.2) is 0 Å². The Hall–Kier alpha value is -4.28. The minimum atomic E-state index is -4.10. The largest absolute Gasteiger partial charge is 0.506 e. The third-order valence-electron chi connectivity index (χ3n) is 5.32. The Morgan fingerprint density at radius 2 is 1.64 bits per heavy atom. The van der Waals surface area contributed by atoms with Gasteiger partial charge in [-0.15, -0.1) is 11.3 Å². The standard InChI is InChI=1S/C26H18FN3O4S2/c27-16-9-12-18(13-10-16)36(33,34)30-22-15-17(11-14-23(22)31)28-25(32)19-5-1-2-6-20(19)26-29-21-7-3-4-8-24(21)35-26/h1-15,30-31H,(H,28,32). The van der Waals surface area contributed by atoms with Crippen LogP contribution in [0.5, 0.6) is 5.75 Å². The van der Waals surface area contributed by atoms with Crippen LogP contribution in [0.4, 0.5) is 15.8 Å². The van der Waals surface area contributed by atoms with E-state index >= 15 is 0 Å². The summed E-state index contributed by atoms with van der Waals surface area (Å²) in [6.45, 7) is 0. The van der Waals surface area contributed by atoms with Gasteiger partial charge in [0, 0.05) is 16.8 Å². The molecule has 0 unspecified atom stereocenters. The van der Waals surface area contributed by atoms with E-state index in [4.69, 9.17) is 0 Å². The number of para-hydroxylation sites is 1. The van der Waals surface area contributed by atoms with E-state index in [1.807, 2.05) is 36.4 Å². The number of halogens is 1. The zero-order valence-electron chi connectivity index (χ0n) is 18.5. The number of fused-ring (bicyclic) bond motifs is 1. The van der Waals surface area contributed by atoms with Gasteiger partial charge in [0.25, 0.3) is 15.9 Å². The first-order valence-electron chi connectivity index (χ1n) is 10.7. The Morgan fingerprint density at radius 3 is 2.42 bits per heavy atom. The van der Waals surface area contributed by atoms with Crippen molar-refractivity contribution in [3.8, 4) is 16.3 Å². The van der Waals surface area contributed by atoms with Crippen molar-refractivity contribution in [2.45, 2.75) is 4.90 Å². The summed E-state index contributed by atoms with van der Waals surface area (Å²) >= 11 is 1.47. The van der Waals surface area contributed by atoms with E-state index in [0.29, 0.717) is 16.1 Å². The molecule has 0 aliphatic heterocycles. The number of nitrogens with zero attached hydrogens (tertiary/aromatic N) is 1. The first-order valence-corrected chi connectivity index (χ1v) is 13.0. The van der Waals surface area contributed by atoms with E-state index in [-0.39, 0.29) is 22.0 Å². The Kier molecular flexibility index (Phi) is 6.13. The number of hydrogen-bond acceptors (Lipinski definition) is 6. The minimum absolute atomic E-state index is 0.142. The predicted octanol–water partition coefficient (Wildman–Crippen LogP) is 5.86. The highest BCUT2D eigenvalue weighted by molar-refractivity contribution is 7.92. The monoisotopic (exact) mass is 519 g/mol. The second-order valence-electron chi connectivity index (χ2n) is 7.78. The fraction of sp³-hybridized carbons (Fsp3) is 0. The van der Waals surface area contributed by atoms with Gasteiger partial charge in [0.05, 0.1) is 20.8 Å². The SMILES string of the molecule is O=C(Nc1ccc(O)c(NS(=O)(=O)c2ccc(F)cc2)c1)c1ccccc1-c1nc2ccccc2s1. The summed E-state index contributed by atoms with van der Waals surface area (Å²) in [5.41, 5.74) is 2.00. The number of anilines is 2.